The van der Waals surface area contributed by atoms with Gasteiger partial charge in [-0.25, -0.2) is 9.78 Å². The lowest BCUT2D eigenvalue weighted by atomic mass is 10.3. The Balaban J connectivity index is 1.96. The van der Waals surface area contributed by atoms with Gasteiger partial charge in [0.25, 0.3) is 10.2 Å². The molecule has 23 heavy (non-hydrogen) atoms. The lowest BCUT2D eigenvalue weighted by molar-refractivity contribution is 0.182. The molecule has 0 spiro atoms. The van der Waals surface area contributed by atoms with Crippen LogP contribution in [0.3, 0.4) is 0 Å². The van der Waals surface area contributed by atoms with Crippen molar-refractivity contribution in [1.29, 1.82) is 0 Å². The average Bonchev–Trinajstić information content (AvgIpc) is 2.50. The van der Waals surface area contributed by atoms with E-state index in [1.165, 1.54) is 22.7 Å². The minimum Gasteiger partial charge on any atom is -0.322 e. The standard InChI is InChI=1S/C13H20ClN5O3S/c1-10-11(4-5-12(14)15-10)16-13(20)18-6-8-19(9-7-18)23(21,22)17(2)3/h4-5H,6-9H2,1-3H3,(H,16,20). The van der Waals surface area contributed by atoms with E-state index in [2.05, 4.69) is 10.3 Å². The van der Waals surface area contributed by atoms with E-state index in [0.29, 0.717) is 29.6 Å². The number of aromatic nitrogens is 1. The van der Waals surface area contributed by atoms with Gasteiger partial charge in [0.15, 0.2) is 0 Å². The van der Waals surface area contributed by atoms with E-state index in [0.717, 1.165) is 0 Å². The highest BCUT2D eigenvalue weighted by Crippen LogP contribution is 2.17. The van der Waals surface area contributed by atoms with Gasteiger partial charge >= 0.3 is 6.03 Å². The van der Waals surface area contributed by atoms with E-state index in [4.69, 9.17) is 11.6 Å². The zero-order valence-corrected chi connectivity index (χ0v) is 14.9. The summed E-state index contributed by atoms with van der Waals surface area (Å²) in [5.74, 6) is 0. The maximum absolute atomic E-state index is 12.3. The molecule has 1 N–H and O–H groups in total. The molecular weight excluding hydrogens is 342 g/mol. The number of aryl methyl sites for hydroxylation is 1. The van der Waals surface area contributed by atoms with Crippen molar-refractivity contribution in [2.75, 3.05) is 45.6 Å². The first kappa shape index (κ1) is 17.9. The smallest absolute Gasteiger partial charge is 0.321 e. The number of anilines is 1. The van der Waals surface area contributed by atoms with Crippen LogP contribution in [0.4, 0.5) is 10.5 Å². The molecule has 1 fully saturated rings. The van der Waals surface area contributed by atoms with Gasteiger partial charge in [0.2, 0.25) is 0 Å². The Hall–Kier alpha value is -1.42. The van der Waals surface area contributed by atoms with Gasteiger partial charge < -0.3 is 10.2 Å². The molecular formula is C13H20ClN5O3S. The highest BCUT2D eigenvalue weighted by atomic mass is 35.5. The number of hydrogen-bond acceptors (Lipinski definition) is 4. The number of urea groups is 1. The van der Waals surface area contributed by atoms with Crippen LogP contribution in [0, 0.1) is 6.92 Å². The quantitative estimate of drug-likeness (QED) is 0.814. The minimum absolute atomic E-state index is 0.270. The van der Waals surface area contributed by atoms with Crippen LogP contribution in [-0.4, -0.2) is 73.2 Å². The highest BCUT2D eigenvalue weighted by Gasteiger charge is 2.30. The summed E-state index contributed by atoms with van der Waals surface area (Å²) in [6, 6.07) is 3.01. The molecule has 0 unspecified atom stereocenters. The van der Waals surface area contributed by atoms with Crippen LogP contribution in [0.1, 0.15) is 5.69 Å². The van der Waals surface area contributed by atoms with Crippen molar-refractivity contribution in [1.82, 2.24) is 18.5 Å². The molecule has 1 aliphatic rings. The van der Waals surface area contributed by atoms with E-state index in [-0.39, 0.29) is 19.1 Å². The summed E-state index contributed by atoms with van der Waals surface area (Å²) >= 11 is 5.79. The third-order valence-electron chi connectivity index (χ3n) is 3.61. The first-order chi connectivity index (χ1) is 10.7. The molecule has 1 aliphatic heterocycles. The summed E-state index contributed by atoms with van der Waals surface area (Å²) < 4.78 is 26.6. The van der Waals surface area contributed by atoms with Gasteiger partial charge in [0.05, 0.1) is 11.4 Å². The Morgan fingerprint density at radius 3 is 2.39 bits per heavy atom. The molecule has 1 saturated heterocycles. The number of halogens is 1. The number of pyridine rings is 1. The number of carbonyl (C=O) groups excluding carboxylic acids is 1. The molecule has 128 valence electrons. The fraction of sp³-hybridized carbons (Fsp3) is 0.538. The molecule has 0 atom stereocenters. The van der Waals surface area contributed by atoms with Crippen molar-refractivity contribution in [3.05, 3.63) is 23.0 Å². The SMILES string of the molecule is Cc1nc(Cl)ccc1NC(=O)N1CCN(S(=O)(=O)N(C)C)CC1. The minimum atomic E-state index is -3.44. The van der Waals surface area contributed by atoms with E-state index in [1.807, 2.05) is 0 Å². The molecule has 10 heteroatoms. The van der Waals surface area contributed by atoms with Gasteiger partial charge in [0, 0.05) is 40.3 Å². The third kappa shape index (κ3) is 4.11. The molecule has 0 bridgehead atoms. The molecule has 0 saturated carbocycles. The second kappa shape index (κ2) is 7.00. The number of amides is 2. The average molecular weight is 362 g/mol. The van der Waals surface area contributed by atoms with Crippen molar-refractivity contribution in [2.45, 2.75) is 6.92 Å². The van der Waals surface area contributed by atoms with E-state index < -0.39 is 10.2 Å². The fourth-order valence-corrected chi connectivity index (χ4v) is 3.49. The van der Waals surface area contributed by atoms with Crippen LogP contribution < -0.4 is 5.32 Å². The Bertz CT molecular complexity index is 687. The van der Waals surface area contributed by atoms with Gasteiger partial charge in [-0.1, -0.05) is 11.6 Å². The summed E-state index contributed by atoms with van der Waals surface area (Å²) in [5.41, 5.74) is 1.21. The summed E-state index contributed by atoms with van der Waals surface area (Å²) in [6.07, 6.45) is 0. The summed E-state index contributed by atoms with van der Waals surface area (Å²) in [4.78, 5) is 17.9. The molecule has 0 aliphatic carbocycles. The first-order valence-electron chi connectivity index (χ1n) is 7.08. The zero-order valence-electron chi connectivity index (χ0n) is 13.3. The summed E-state index contributed by atoms with van der Waals surface area (Å²) in [5, 5.41) is 3.13. The topological polar surface area (TPSA) is 85.9 Å². The molecule has 2 amide bonds. The van der Waals surface area contributed by atoms with Crippen molar-refractivity contribution in [3.63, 3.8) is 0 Å². The van der Waals surface area contributed by atoms with Crippen molar-refractivity contribution in [3.8, 4) is 0 Å². The number of nitrogens with one attached hydrogen (secondary N) is 1. The van der Waals surface area contributed by atoms with Gasteiger partial charge in [-0.2, -0.15) is 17.0 Å². The second-order valence-electron chi connectivity index (χ2n) is 5.37. The number of piperazine rings is 1. The van der Waals surface area contributed by atoms with E-state index in [9.17, 15) is 13.2 Å². The highest BCUT2D eigenvalue weighted by molar-refractivity contribution is 7.86. The molecule has 0 radical (unpaired) electrons. The Kier molecular flexibility index (Phi) is 5.45. The molecule has 0 aromatic carbocycles. The lowest BCUT2D eigenvalue weighted by Gasteiger charge is -2.35. The number of rotatable bonds is 3. The van der Waals surface area contributed by atoms with Crippen LogP contribution in [-0.2, 0) is 10.2 Å². The van der Waals surface area contributed by atoms with Gasteiger partial charge in [0.1, 0.15) is 5.15 Å². The van der Waals surface area contributed by atoms with Crippen LogP contribution in [0.5, 0.6) is 0 Å². The second-order valence-corrected chi connectivity index (χ2v) is 7.90. The van der Waals surface area contributed by atoms with Crippen LogP contribution in [0.2, 0.25) is 5.15 Å². The monoisotopic (exact) mass is 361 g/mol. The third-order valence-corrected chi connectivity index (χ3v) is 5.76. The number of carbonyl (C=O) groups is 1. The number of hydrogen-bond donors (Lipinski definition) is 1. The summed E-state index contributed by atoms with van der Waals surface area (Å²) in [6.45, 7) is 2.96. The van der Waals surface area contributed by atoms with Crippen molar-refractivity contribution < 1.29 is 13.2 Å². The predicted octanol–water partition coefficient (Wildman–Crippen LogP) is 0.999. The molecule has 2 rings (SSSR count). The van der Waals surface area contributed by atoms with Crippen molar-refractivity contribution >= 4 is 33.5 Å². The summed E-state index contributed by atoms with van der Waals surface area (Å²) in [7, 11) is -0.454. The van der Waals surface area contributed by atoms with Gasteiger partial charge in [-0.15, -0.1) is 0 Å². The molecule has 1 aromatic heterocycles. The van der Waals surface area contributed by atoms with Gasteiger partial charge in [-0.05, 0) is 19.1 Å². The normalized spacial score (nSPS) is 16.7. The van der Waals surface area contributed by atoms with Crippen LogP contribution in [0.15, 0.2) is 12.1 Å². The molecule has 1 aromatic rings. The molecule has 8 nitrogen and oxygen atoms in total. The Labute approximate surface area is 141 Å². The van der Waals surface area contributed by atoms with E-state index in [1.54, 1.807) is 24.0 Å². The van der Waals surface area contributed by atoms with Crippen molar-refractivity contribution in [2.24, 2.45) is 0 Å². The largest absolute Gasteiger partial charge is 0.322 e. The van der Waals surface area contributed by atoms with Gasteiger partial charge in [-0.3, -0.25) is 0 Å². The zero-order chi connectivity index (χ0) is 17.2. The van der Waals surface area contributed by atoms with Crippen LogP contribution >= 0.6 is 11.6 Å². The Morgan fingerprint density at radius 1 is 1.26 bits per heavy atom. The maximum atomic E-state index is 12.3. The molecule has 2 heterocycles. The Morgan fingerprint density at radius 2 is 1.87 bits per heavy atom. The fourth-order valence-electron chi connectivity index (χ4n) is 2.21. The van der Waals surface area contributed by atoms with Crippen LogP contribution in [0.25, 0.3) is 0 Å². The number of nitrogens with zero attached hydrogens (tertiary/aromatic N) is 4. The lowest BCUT2D eigenvalue weighted by Crippen LogP contribution is -2.53. The van der Waals surface area contributed by atoms with E-state index >= 15 is 0 Å². The maximum Gasteiger partial charge on any atom is 0.321 e. The predicted molar refractivity (Wildman–Crippen MR) is 88.8 cm³/mol. The first-order valence-corrected chi connectivity index (χ1v) is 8.86.